The smallest absolute Gasteiger partial charge is 0.231 e. The summed E-state index contributed by atoms with van der Waals surface area (Å²) < 4.78 is 10.6. The van der Waals surface area contributed by atoms with Crippen molar-refractivity contribution in [2.75, 3.05) is 6.79 Å². The molecule has 0 atom stereocenters. The standard InChI is InChI=1S/C16H15N3O4S/c20-12-3-2-11(13(21)6-12)8-18-19-16(24)17-7-10-1-4-14-15(5-10)23-9-22-14/h1-6,8,20-21H,7,9H2,(H2,17,19,24)/b18-8+. The van der Waals surface area contributed by atoms with Crippen molar-refractivity contribution in [3.63, 3.8) is 0 Å². The van der Waals surface area contributed by atoms with E-state index in [4.69, 9.17) is 21.7 Å². The van der Waals surface area contributed by atoms with Crippen LogP contribution in [-0.4, -0.2) is 28.3 Å². The molecule has 2 aromatic carbocycles. The van der Waals surface area contributed by atoms with Gasteiger partial charge in [0.1, 0.15) is 11.5 Å². The van der Waals surface area contributed by atoms with Gasteiger partial charge < -0.3 is 25.0 Å². The number of rotatable bonds is 4. The maximum atomic E-state index is 9.64. The van der Waals surface area contributed by atoms with Crippen molar-refractivity contribution in [3.05, 3.63) is 47.5 Å². The molecule has 0 aromatic heterocycles. The molecule has 8 heteroatoms. The number of fused-ring (bicyclic) bond motifs is 1. The van der Waals surface area contributed by atoms with Crippen LogP contribution in [0.2, 0.25) is 0 Å². The van der Waals surface area contributed by atoms with Gasteiger partial charge >= 0.3 is 0 Å². The van der Waals surface area contributed by atoms with Crippen LogP contribution in [0.4, 0.5) is 0 Å². The molecule has 2 aromatic rings. The molecule has 0 radical (unpaired) electrons. The largest absolute Gasteiger partial charge is 0.508 e. The van der Waals surface area contributed by atoms with Gasteiger partial charge in [0.25, 0.3) is 0 Å². The summed E-state index contributed by atoms with van der Waals surface area (Å²) in [6.07, 6.45) is 1.41. The predicted molar refractivity (Wildman–Crippen MR) is 92.5 cm³/mol. The molecule has 1 aliphatic rings. The molecule has 0 saturated carbocycles. The molecule has 0 bridgehead atoms. The fourth-order valence-electron chi connectivity index (χ4n) is 2.07. The number of hydrogen-bond donors (Lipinski definition) is 4. The summed E-state index contributed by atoms with van der Waals surface area (Å²) in [7, 11) is 0. The summed E-state index contributed by atoms with van der Waals surface area (Å²) in [5, 5.41) is 26.1. The van der Waals surface area contributed by atoms with Gasteiger partial charge in [-0.1, -0.05) is 6.07 Å². The minimum absolute atomic E-state index is 0.0153. The number of hydrazone groups is 1. The lowest BCUT2D eigenvalue weighted by molar-refractivity contribution is 0.174. The fourth-order valence-corrected chi connectivity index (χ4v) is 2.20. The highest BCUT2D eigenvalue weighted by Crippen LogP contribution is 2.32. The molecule has 24 heavy (non-hydrogen) atoms. The number of aromatic hydroxyl groups is 2. The van der Waals surface area contributed by atoms with Gasteiger partial charge in [-0.2, -0.15) is 5.10 Å². The summed E-state index contributed by atoms with van der Waals surface area (Å²) >= 11 is 5.13. The van der Waals surface area contributed by atoms with E-state index in [9.17, 15) is 10.2 Å². The Labute approximate surface area is 143 Å². The first kappa shape index (κ1) is 15.9. The van der Waals surface area contributed by atoms with Crippen LogP contribution in [-0.2, 0) is 6.54 Å². The number of phenolic OH excluding ortho intramolecular Hbond substituents is 2. The summed E-state index contributed by atoms with van der Waals surface area (Å²) in [5.41, 5.74) is 4.10. The third-order valence-electron chi connectivity index (χ3n) is 3.27. The molecule has 7 nitrogen and oxygen atoms in total. The van der Waals surface area contributed by atoms with Gasteiger partial charge in [-0.05, 0) is 42.0 Å². The Balaban J connectivity index is 1.50. The number of ether oxygens (including phenoxy) is 2. The van der Waals surface area contributed by atoms with Gasteiger partial charge in [-0.25, -0.2) is 0 Å². The first-order valence-electron chi connectivity index (χ1n) is 7.09. The van der Waals surface area contributed by atoms with Crippen LogP contribution in [0.5, 0.6) is 23.0 Å². The monoisotopic (exact) mass is 345 g/mol. The Hall–Kier alpha value is -3.00. The van der Waals surface area contributed by atoms with Crippen molar-refractivity contribution < 1.29 is 19.7 Å². The first-order chi connectivity index (χ1) is 11.6. The van der Waals surface area contributed by atoms with Crippen LogP contribution >= 0.6 is 12.2 Å². The molecular weight excluding hydrogens is 330 g/mol. The molecule has 1 heterocycles. The van der Waals surface area contributed by atoms with Crippen LogP contribution in [0.1, 0.15) is 11.1 Å². The molecule has 0 fully saturated rings. The molecule has 0 aliphatic carbocycles. The highest BCUT2D eigenvalue weighted by Gasteiger charge is 2.12. The molecule has 0 saturated heterocycles. The molecule has 3 rings (SSSR count). The van der Waals surface area contributed by atoms with E-state index in [2.05, 4.69) is 15.8 Å². The van der Waals surface area contributed by atoms with E-state index in [1.165, 1.54) is 18.3 Å². The Kier molecular flexibility index (Phi) is 4.66. The summed E-state index contributed by atoms with van der Waals surface area (Å²) in [5.74, 6) is 1.37. The number of hydrogen-bond acceptors (Lipinski definition) is 6. The van der Waals surface area contributed by atoms with Crippen molar-refractivity contribution in [1.82, 2.24) is 10.7 Å². The Morgan fingerprint density at radius 3 is 2.83 bits per heavy atom. The van der Waals surface area contributed by atoms with E-state index in [-0.39, 0.29) is 18.3 Å². The highest BCUT2D eigenvalue weighted by atomic mass is 32.1. The van der Waals surface area contributed by atoms with Gasteiger partial charge in [0.15, 0.2) is 16.6 Å². The minimum atomic E-state index is -0.0696. The van der Waals surface area contributed by atoms with Crippen LogP contribution in [0.15, 0.2) is 41.5 Å². The lowest BCUT2D eigenvalue weighted by atomic mass is 10.2. The van der Waals surface area contributed by atoms with E-state index in [1.807, 2.05) is 18.2 Å². The Morgan fingerprint density at radius 1 is 1.17 bits per heavy atom. The van der Waals surface area contributed by atoms with Gasteiger partial charge in [-0.15, -0.1) is 0 Å². The third-order valence-corrected chi connectivity index (χ3v) is 3.51. The average Bonchev–Trinajstić information content (AvgIpc) is 3.02. The zero-order valence-electron chi connectivity index (χ0n) is 12.5. The van der Waals surface area contributed by atoms with Crippen molar-refractivity contribution >= 4 is 23.5 Å². The van der Waals surface area contributed by atoms with E-state index in [0.717, 1.165) is 11.3 Å². The van der Waals surface area contributed by atoms with Gasteiger partial charge in [0.05, 0.1) is 6.21 Å². The van der Waals surface area contributed by atoms with Gasteiger partial charge in [0.2, 0.25) is 6.79 Å². The normalized spacial score (nSPS) is 12.3. The number of nitrogens with one attached hydrogen (secondary N) is 2. The second-order valence-electron chi connectivity index (χ2n) is 4.98. The zero-order valence-corrected chi connectivity index (χ0v) is 13.3. The highest BCUT2D eigenvalue weighted by molar-refractivity contribution is 7.80. The number of phenols is 2. The SMILES string of the molecule is Oc1ccc(/C=N/NC(=S)NCc2ccc3c(c2)OCO3)c(O)c1. The molecule has 4 N–H and O–H groups in total. The molecule has 1 aliphatic heterocycles. The predicted octanol–water partition coefficient (Wildman–Crippen LogP) is 1.82. The minimum Gasteiger partial charge on any atom is -0.508 e. The van der Waals surface area contributed by atoms with E-state index >= 15 is 0 Å². The molecule has 0 spiro atoms. The van der Waals surface area contributed by atoms with E-state index in [0.29, 0.717) is 23.0 Å². The van der Waals surface area contributed by atoms with E-state index < -0.39 is 0 Å². The molecule has 124 valence electrons. The summed E-state index contributed by atoms with van der Waals surface area (Å²) in [6.45, 7) is 0.744. The molecule has 0 amide bonds. The second kappa shape index (κ2) is 7.05. The first-order valence-corrected chi connectivity index (χ1v) is 7.50. The lowest BCUT2D eigenvalue weighted by Crippen LogP contribution is -2.31. The van der Waals surface area contributed by atoms with Crippen LogP contribution in [0, 0.1) is 0 Å². The molecule has 0 unspecified atom stereocenters. The quantitative estimate of drug-likeness (QED) is 0.381. The number of thiocarbonyl (C=S) groups is 1. The second-order valence-corrected chi connectivity index (χ2v) is 5.39. The fraction of sp³-hybridized carbons (Fsp3) is 0.125. The average molecular weight is 345 g/mol. The van der Waals surface area contributed by atoms with Gasteiger partial charge in [0, 0.05) is 18.2 Å². The van der Waals surface area contributed by atoms with Crippen LogP contribution < -0.4 is 20.2 Å². The Bertz CT molecular complexity index is 795. The summed E-state index contributed by atoms with van der Waals surface area (Å²) in [4.78, 5) is 0. The van der Waals surface area contributed by atoms with Crippen molar-refractivity contribution in [2.45, 2.75) is 6.54 Å². The number of benzene rings is 2. The van der Waals surface area contributed by atoms with Gasteiger partial charge in [-0.3, -0.25) is 5.43 Å². The maximum Gasteiger partial charge on any atom is 0.231 e. The zero-order chi connectivity index (χ0) is 16.9. The lowest BCUT2D eigenvalue weighted by Gasteiger charge is -2.07. The third kappa shape index (κ3) is 3.85. The van der Waals surface area contributed by atoms with E-state index in [1.54, 1.807) is 6.07 Å². The van der Waals surface area contributed by atoms with Crippen LogP contribution in [0.25, 0.3) is 0 Å². The Morgan fingerprint density at radius 2 is 2.00 bits per heavy atom. The summed E-state index contributed by atoms with van der Waals surface area (Å²) in [6, 6.07) is 9.88. The van der Waals surface area contributed by atoms with Crippen LogP contribution in [0.3, 0.4) is 0 Å². The molecular formula is C16H15N3O4S. The topological polar surface area (TPSA) is 95.3 Å². The maximum absolute atomic E-state index is 9.64. The van der Waals surface area contributed by atoms with Crippen molar-refractivity contribution in [1.29, 1.82) is 0 Å². The van der Waals surface area contributed by atoms with Crippen molar-refractivity contribution in [3.8, 4) is 23.0 Å². The van der Waals surface area contributed by atoms with Crippen molar-refractivity contribution in [2.24, 2.45) is 5.10 Å². The number of nitrogens with zero attached hydrogens (tertiary/aromatic N) is 1.